The van der Waals surface area contributed by atoms with E-state index >= 15 is 0 Å². The van der Waals surface area contributed by atoms with Crippen LogP contribution in [0.1, 0.15) is 61.6 Å². The molecule has 0 spiro atoms. The minimum atomic E-state index is -0.795. The van der Waals surface area contributed by atoms with Gasteiger partial charge >= 0.3 is 12.1 Å². The number of benzene rings is 2. The van der Waals surface area contributed by atoms with Crippen LogP contribution in [0.4, 0.5) is 16.2 Å². The third-order valence-electron chi connectivity index (χ3n) is 7.01. The molecule has 1 aliphatic rings. The number of anilines is 1. The quantitative estimate of drug-likeness (QED) is 0.115. The maximum absolute atomic E-state index is 13.1. The Hall–Kier alpha value is -5.11. The molecule has 0 aliphatic carbocycles. The van der Waals surface area contributed by atoms with Crippen LogP contribution >= 0.6 is 0 Å². The Morgan fingerprint density at radius 2 is 2.02 bits per heavy atom. The summed E-state index contributed by atoms with van der Waals surface area (Å²) in [5.74, 6) is -0.683. The van der Waals surface area contributed by atoms with E-state index in [-0.39, 0.29) is 24.2 Å². The minimum absolute atomic E-state index is 0.0322. The molecule has 4 aromatic rings. The van der Waals surface area contributed by atoms with Crippen LogP contribution in [0.5, 0.6) is 0 Å². The lowest BCUT2D eigenvalue weighted by atomic mass is 10.0. The second kappa shape index (κ2) is 12.2. The first-order valence-corrected chi connectivity index (χ1v) is 14.0. The van der Waals surface area contributed by atoms with Crippen molar-refractivity contribution in [2.45, 2.75) is 58.4 Å². The number of ether oxygens (including phenoxy) is 3. The Bertz CT molecular complexity index is 1750. The fraction of sp³-hybridized carbons (Fsp3) is 0.367. The van der Waals surface area contributed by atoms with E-state index in [4.69, 9.17) is 19.6 Å². The molecule has 1 atom stereocenters. The molecule has 0 bridgehead atoms. The van der Waals surface area contributed by atoms with Gasteiger partial charge in [-0.15, -0.1) is 5.10 Å². The van der Waals surface area contributed by atoms with Crippen molar-refractivity contribution < 1.29 is 28.7 Å². The van der Waals surface area contributed by atoms with E-state index < -0.39 is 22.6 Å². The van der Waals surface area contributed by atoms with Crippen molar-refractivity contribution in [3.05, 3.63) is 69.5 Å². The first-order valence-electron chi connectivity index (χ1n) is 14.0. The number of esters is 1. The molecule has 230 valence electrons. The molecule has 1 fully saturated rings. The van der Waals surface area contributed by atoms with Crippen molar-refractivity contribution >= 4 is 40.6 Å². The number of carbonyl (C=O) groups excluding carboxylic acids is 2. The molecule has 2 N–H and O–H groups in total. The Morgan fingerprint density at radius 1 is 1.23 bits per heavy atom. The zero-order valence-corrected chi connectivity index (χ0v) is 24.8. The Labute approximate surface area is 252 Å². The zero-order valence-electron chi connectivity index (χ0n) is 24.8. The number of fused-ring (bicyclic) bond motifs is 1. The molecule has 3 heterocycles. The lowest BCUT2D eigenvalue weighted by Gasteiger charge is -2.25. The summed E-state index contributed by atoms with van der Waals surface area (Å²) in [6.45, 7) is 6.01. The van der Waals surface area contributed by atoms with Gasteiger partial charge in [-0.25, -0.2) is 18.8 Å². The standard InChI is InChI=1S/C30H33N7O7/c1-30(2,3)44-29(39)36-25-11-18(8-9-19(25)12-26(36)28(38)42-4)16-35-17-24(33-34-35)21-13-20(37(40)41)14-23(22(21)15-31)32-27-7-5-6-10-43-27/h8-9,11-15,17,27,31-32H,5-7,10,16H2,1-4H3. The number of hydrogen-bond acceptors (Lipinski definition) is 11. The minimum Gasteiger partial charge on any atom is -0.464 e. The van der Waals surface area contributed by atoms with Crippen LogP contribution in [0.25, 0.3) is 22.2 Å². The molecule has 1 saturated heterocycles. The number of non-ortho nitro benzene ring substituents is 1. The summed E-state index contributed by atoms with van der Waals surface area (Å²) < 4.78 is 18.9. The molecule has 2 aromatic heterocycles. The highest BCUT2D eigenvalue weighted by atomic mass is 16.6. The van der Waals surface area contributed by atoms with E-state index in [0.717, 1.165) is 31.0 Å². The highest BCUT2D eigenvalue weighted by Gasteiger charge is 2.26. The molecule has 0 saturated carbocycles. The molecule has 1 aliphatic heterocycles. The number of hydrogen-bond donors (Lipinski definition) is 2. The number of nitrogens with one attached hydrogen (secondary N) is 2. The van der Waals surface area contributed by atoms with Gasteiger partial charge in [0.2, 0.25) is 0 Å². The van der Waals surface area contributed by atoms with Crippen LogP contribution in [0, 0.1) is 15.5 Å². The molecule has 1 unspecified atom stereocenters. The molecular formula is C30H33N7O7. The van der Waals surface area contributed by atoms with Crippen molar-refractivity contribution in [3.63, 3.8) is 0 Å². The molecule has 44 heavy (non-hydrogen) atoms. The fourth-order valence-electron chi connectivity index (χ4n) is 5.05. The average Bonchev–Trinajstić information content (AvgIpc) is 3.60. The predicted molar refractivity (Wildman–Crippen MR) is 161 cm³/mol. The molecular weight excluding hydrogens is 570 g/mol. The van der Waals surface area contributed by atoms with Crippen molar-refractivity contribution in [2.75, 3.05) is 19.0 Å². The number of nitro benzene ring substituents is 1. The molecule has 0 radical (unpaired) electrons. The second-order valence-corrected chi connectivity index (χ2v) is 11.4. The number of nitrogens with zero attached hydrogens (tertiary/aromatic N) is 5. The summed E-state index contributed by atoms with van der Waals surface area (Å²) >= 11 is 0. The summed E-state index contributed by atoms with van der Waals surface area (Å²) in [7, 11) is 1.24. The van der Waals surface area contributed by atoms with E-state index in [9.17, 15) is 19.7 Å². The number of rotatable bonds is 8. The van der Waals surface area contributed by atoms with Gasteiger partial charge in [0.05, 0.1) is 36.0 Å². The highest BCUT2D eigenvalue weighted by Crippen LogP contribution is 2.33. The number of aromatic nitrogens is 4. The lowest BCUT2D eigenvalue weighted by molar-refractivity contribution is -0.384. The smallest absolute Gasteiger partial charge is 0.419 e. The second-order valence-electron chi connectivity index (χ2n) is 11.4. The van der Waals surface area contributed by atoms with Gasteiger partial charge in [-0.2, -0.15) is 0 Å². The number of methoxy groups -OCH3 is 1. The number of nitro groups is 1. The third-order valence-corrected chi connectivity index (χ3v) is 7.01. The van der Waals surface area contributed by atoms with Crippen LogP contribution < -0.4 is 5.32 Å². The molecule has 0 amide bonds. The van der Waals surface area contributed by atoms with E-state index in [1.807, 2.05) is 6.07 Å². The highest BCUT2D eigenvalue weighted by molar-refractivity contribution is 6.01. The Kier molecular flexibility index (Phi) is 8.45. The first kappa shape index (κ1) is 30.4. The van der Waals surface area contributed by atoms with Crippen LogP contribution in [-0.4, -0.2) is 68.3 Å². The van der Waals surface area contributed by atoms with Gasteiger partial charge in [0.15, 0.2) is 0 Å². The van der Waals surface area contributed by atoms with Gasteiger partial charge in [0.1, 0.15) is 23.2 Å². The maximum atomic E-state index is 13.1. The summed E-state index contributed by atoms with van der Waals surface area (Å²) in [5, 5.41) is 32.2. The maximum Gasteiger partial charge on any atom is 0.419 e. The molecule has 14 nitrogen and oxygen atoms in total. The topological polar surface area (TPSA) is 176 Å². The molecule has 14 heteroatoms. The summed E-state index contributed by atoms with van der Waals surface area (Å²) in [5.41, 5.74) is 1.79. The average molecular weight is 604 g/mol. The Morgan fingerprint density at radius 3 is 2.68 bits per heavy atom. The van der Waals surface area contributed by atoms with Crippen molar-refractivity contribution in [1.82, 2.24) is 19.6 Å². The third kappa shape index (κ3) is 6.44. The summed E-state index contributed by atoms with van der Waals surface area (Å²) in [4.78, 5) is 36.9. The normalized spacial score (nSPS) is 15.1. The van der Waals surface area contributed by atoms with Crippen LogP contribution in [0.2, 0.25) is 0 Å². The molecule has 5 rings (SSSR count). The van der Waals surface area contributed by atoms with Crippen LogP contribution in [-0.2, 0) is 20.8 Å². The van der Waals surface area contributed by atoms with Gasteiger partial charge in [-0.05, 0) is 57.7 Å². The monoisotopic (exact) mass is 603 g/mol. The SMILES string of the molecule is COC(=O)c1cc2ccc(Cn3cc(-c4cc([N+](=O)[O-])cc(NC5CCCCO5)c4C=N)nn3)cc2n1C(=O)OC(C)(C)C. The van der Waals surface area contributed by atoms with Gasteiger partial charge in [-0.3, -0.25) is 10.1 Å². The fourth-order valence-corrected chi connectivity index (χ4v) is 5.05. The zero-order chi connectivity index (χ0) is 31.6. The predicted octanol–water partition coefficient (Wildman–Crippen LogP) is 5.36. The Balaban J connectivity index is 1.49. The van der Waals surface area contributed by atoms with Crippen molar-refractivity contribution in [3.8, 4) is 11.3 Å². The van der Waals surface area contributed by atoms with Crippen LogP contribution in [0.3, 0.4) is 0 Å². The van der Waals surface area contributed by atoms with E-state index in [2.05, 4.69) is 15.6 Å². The number of carbonyl (C=O) groups is 2. The summed E-state index contributed by atoms with van der Waals surface area (Å²) in [6, 6.07) is 9.67. The van der Waals surface area contributed by atoms with Crippen LogP contribution in [0.15, 0.2) is 42.6 Å². The van der Waals surface area contributed by atoms with E-state index in [1.165, 1.54) is 23.8 Å². The van der Waals surface area contributed by atoms with E-state index in [1.54, 1.807) is 49.8 Å². The lowest BCUT2D eigenvalue weighted by Crippen LogP contribution is -2.29. The largest absolute Gasteiger partial charge is 0.464 e. The van der Waals surface area contributed by atoms with Gasteiger partial charge in [0.25, 0.3) is 5.69 Å². The van der Waals surface area contributed by atoms with Crippen molar-refractivity contribution in [2.24, 2.45) is 0 Å². The first-order chi connectivity index (χ1) is 21.0. The van der Waals surface area contributed by atoms with Gasteiger partial charge in [0, 0.05) is 41.5 Å². The summed E-state index contributed by atoms with van der Waals surface area (Å²) in [6.07, 6.45) is 4.37. The van der Waals surface area contributed by atoms with Gasteiger partial charge < -0.3 is 24.9 Å². The van der Waals surface area contributed by atoms with Crippen molar-refractivity contribution in [1.29, 1.82) is 5.41 Å². The molecule has 2 aromatic carbocycles. The van der Waals surface area contributed by atoms with Gasteiger partial charge in [-0.1, -0.05) is 17.3 Å². The van der Waals surface area contributed by atoms with E-state index in [0.29, 0.717) is 40.0 Å².